The number of ether oxygens (including phenoxy) is 2. The molecule has 1 aliphatic rings. The highest BCUT2D eigenvalue weighted by molar-refractivity contribution is 5.80. The van der Waals surface area contributed by atoms with E-state index < -0.39 is 10.5 Å². The van der Waals surface area contributed by atoms with Crippen molar-refractivity contribution < 1.29 is 19.2 Å². The molecule has 1 amide bonds. The summed E-state index contributed by atoms with van der Waals surface area (Å²) in [6.07, 6.45) is 0.926. The van der Waals surface area contributed by atoms with E-state index in [2.05, 4.69) is 0 Å². The summed E-state index contributed by atoms with van der Waals surface area (Å²) >= 11 is 0. The van der Waals surface area contributed by atoms with Gasteiger partial charge in [-0.15, -0.1) is 0 Å². The molecule has 1 aliphatic heterocycles. The minimum Gasteiger partial charge on any atom is -0.444 e. The number of hydrogen-bond acceptors (Lipinski definition) is 7. The number of nitro benzene ring substituents is 1. The second-order valence-corrected chi connectivity index (χ2v) is 8.62. The molecule has 0 spiro atoms. The minimum absolute atomic E-state index is 0.0252. The van der Waals surface area contributed by atoms with Crippen molar-refractivity contribution in [2.75, 3.05) is 26.8 Å². The molecule has 31 heavy (non-hydrogen) atoms. The van der Waals surface area contributed by atoms with Crippen molar-refractivity contribution in [3.05, 3.63) is 44.5 Å². The second kappa shape index (κ2) is 9.01. The van der Waals surface area contributed by atoms with Crippen molar-refractivity contribution in [3.63, 3.8) is 0 Å². The van der Waals surface area contributed by atoms with Crippen molar-refractivity contribution in [3.8, 4) is 0 Å². The van der Waals surface area contributed by atoms with Gasteiger partial charge in [0.15, 0.2) is 0 Å². The zero-order valence-electron chi connectivity index (χ0n) is 18.3. The van der Waals surface area contributed by atoms with Gasteiger partial charge in [0, 0.05) is 38.2 Å². The number of methoxy groups -OCH3 is 1. The third-order valence-corrected chi connectivity index (χ3v) is 5.21. The number of carbonyl (C=O) groups excluding carboxylic acids is 1. The maximum absolute atomic E-state index is 13.2. The van der Waals surface area contributed by atoms with Gasteiger partial charge in [-0.05, 0) is 39.7 Å². The fourth-order valence-corrected chi connectivity index (χ4v) is 3.70. The van der Waals surface area contributed by atoms with Crippen LogP contribution >= 0.6 is 0 Å². The molecule has 1 aromatic heterocycles. The lowest BCUT2D eigenvalue weighted by atomic mass is 9.95. The van der Waals surface area contributed by atoms with Crippen LogP contribution in [0.15, 0.2) is 23.0 Å². The van der Waals surface area contributed by atoms with Gasteiger partial charge in [0.2, 0.25) is 0 Å². The number of nitrogens with zero attached hydrogens (tertiary/aromatic N) is 4. The summed E-state index contributed by atoms with van der Waals surface area (Å²) in [5.74, 6) is 0.593. The standard InChI is InChI=1S/C21H28N4O6/c1-21(2,3)31-20(27)23-9-7-14(8-10-23)18-22-17-6-5-15(25(28)29)13-16(17)19(26)24(18)11-12-30-4/h5-6,13-14H,7-12H2,1-4H3. The highest BCUT2D eigenvalue weighted by Gasteiger charge is 2.30. The summed E-state index contributed by atoms with van der Waals surface area (Å²) in [5, 5.41) is 11.3. The number of non-ortho nitro benzene ring substituents is 1. The Morgan fingerprint density at radius 2 is 1.97 bits per heavy atom. The molecule has 3 rings (SSSR count). The summed E-state index contributed by atoms with van der Waals surface area (Å²) in [6, 6.07) is 4.13. The number of hydrogen-bond donors (Lipinski definition) is 0. The lowest BCUT2D eigenvalue weighted by Gasteiger charge is -2.33. The SMILES string of the molecule is COCCn1c(C2CCN(C(=O)OC(C)(C)C)CC2)nc2ccc([N+](=O)[O-])cc2c1=O. The highest BCUT2D eigenvalue weighted by atomic mass is 16.6. The van der Waals surface area contributed by atoms with Gasteiger partial charge in [0.1, 0.15) is 11.4 Å². The Balaban J connectivity index is 1.91. The predicted octanol–water partition coefficient (Wildman–Crippen LogP) is 3.07. The van der Waals surface area contributed by atoms with E-state index in [9.17, 15) is 19.7 Å². The quantitative estimate of drug-likeness (QED) is 0.526. The van der Waals surface area contributed by atoms with Gasteiger partial charge in [0.25, 0.3) is 11.2 Å². The van der Waals surface area contributed by atoms with Crippen molar-refractivity contribution >= 4 is 22.7 Å². The van der Waals surface area contributed by atoms with Crippen LogP contribution in [0, 0.1) is 10.1 Å². The zero-order valence-corrected chi connectivity index (χ0v) is 18.3. The van der Waals surface area contributed by atoms with Gasteiger partial charge in [-0.2, -0.15) is 0 Å². The first-order valence-electron chi connectivity index (χ1n) is 10.3. The number of piperidine rings is 1. The molecule has 168 valence electrons. The minimum atomic E-state index is -0.558. The van der Waals surface area contributed by atoms with Crippen molar-refractivity contribution in [2.24, 2.45) is 0 Å². The number of fused-ring (bicyclic) bond motifs is 1. The molecule has 0 bridgehead atoms. The van der Waals surface area contributed by atoms with Crippen LogP contribution in [0.5, 0.6) is 0 Å². The molecule has 2 heterocycles. The molecule has 0 atom stereocenters. The number of amides is 1. The molecular formula is C21H28N4O6. The van der Waals surface area contributed by atoms with Crippen LogP contribution in [0.1, 0.15) is 45.4 Å². The van der Waals surface area contributed by atoms with Gasteiger partial charge < -0.3 is 14.4 Å². The molecular weight excluding hydrogens is 404 g/mol. The summed E-state index contributed by atoms with van der Waals surface area (Å²) < 4.78 is 12.1. The molecule has 10 heteroatoms. The Morgan fingerprint density at radius 1 is 1.29 bits per heavy atom. The second-order valence-electron chi connectivity index (χ2n) is 8.62. The van der Waals surface area contributed by atoms with Crippen LogP contribution < -0.4 is 5.56 Å². The van der Waals surface area contributed by atoms with Gasteiger partial charge >= 0.3 is 6.09 Å². The van der Waals surface area contributed by atoms with Gasteiger partial charge in [0.05, 0.1) is 29.0 Å². The first kappa shape index (κ1) is 22.7. The van der Waals surface area contributed by atoms with E-state index in [-0.39, 0.29) is 28.6 Å². The summed E-state index contributed by atoms with van der Waals surface area (Å²) in [4.78, 5) is 42.5. The monoisotopic (exact) mass is 432 g/mol. The number of nitro groups is 1. The van der Waals surface area contributed by atoms with Crippen LogP contribution in [-0.4, -0.2) is 57.9 Å². The van der Waals surface area contributed by atoms with Crippen LogP contribution in [0.4, 0.5) is 10.5 Å². The van der Waals surface area contributed by atoms with Crippen LogP contribution in [0.25, 0.3) is 10.9 Å². The van der Waals surface area contributed by atoms with Crippen LogP contribution in [0.3, 0.4) is 0 Å². The lowest BCUT2D eigenvalue weighted by molar-refractivity contribution is -0.384. The van der Waals surface area contributed by atoms with E-state index in [1.165, 1.54) is 18.2 Å². The Labute approximate surface area is 179 Å². The predicted molar refractivity (Wildman–Crippen MR) is 114 cm³/mol. The van der Waals surface area contributed by atoms with E-state index in [0.717, 1.165) is 0 Å². The maximum Gasteiger partial charge on any atom is 0.410 e. The summed E-state index contributed by atoms with van der Waals surface area (Å²) in [7, 11) is 1.54. The van der Waals surface area contributed by atoms with Crippen molar-refractivity contribution in [2.45, 2.75) is 51.7 Å². The molecule has 1 fully saturated rings. The van der Waals surface area contributed by atoms with E-state index in [4.69, 9.17) is 14.5 Å². The zero-order chi connectivity index (χ0) is 22.8. The van der Waals surface area contributed by atoms with E-state index in [1.54, 1.807) is 16.6 Å². The van der Waals surface area contributed by atoms with Crippen molar-refractivity contribution in [1.29, 1.82) is 0 Å². The third-order valence-electron chi connectivity index (χ3n) is 5.21. The normalized spacial score (nSPS) is 15.3. The lowest BCUT2D eigenvalue weighted by Crippen LogP contribution is -2.42. The average molecular weight is 432 g/mol. The molecule has 0 N–H and O–H groups in total. The van der Waals surface area contributed by atoms with Gasteiger partial charge in [-0.1, -0.05) is 0 Å². The topological polar surface area (TPSA) is 117 Å². The summed E-state index contributed by atoms with van der Waals surface area (Å²) in [6.45, 7) is 7.09. The van der Waals surface area contributed by atoms with Gasteiger partial charge in [-0.25, -0.2) is 9.78 Å². The number of rotatable bonds is 5. The van der Waals surface area contributed by atoms with Crippen LogP contribution in [0.2, 0.25) is 0 Å². The Hall–Kier alpha value is -3.01. The molecule has 1 aromatic carbocycles. The fourth-order valence-electron chi connectivity index (χ4n) is 3.70. The number of aromatic nitrogens is 2. The van der Waals surface area contributed by atoms with Crippen LogP contribution in [-0.2, 0) is 16.0 Å². The molecule has 0 unspecified atom stereocenters. The number of benzene rings is 1. The number of likely N-dealkylation sites (tertiary alicyclic amines) is 1. The molecule has 2 aromatic rings. The van der Waals surface area contributed by atoms with E-state index >= 15 is 0 Å². The maximum atomic E-state index is 13.2. The van der Waals surface area contributed by atoms with E-state index in [1.807, 2.05) is 20.8 Å². The number of carbonyl (C=O) groups is 1. The first-order valence-corrected chi connectivity index (χ1v) is 10.3. The average Bonchev–Trinajstić information content (AvgIpc) is 2.71. The fraction of sp³-hybridized carbons (Fsp3) is 0.571. The third kappa shape index (κ3) is 5.19. The molecule has 0 saturated carbocycles. The molecule has 0 radical (unpaired) electrons. The molecule has 1 saturated heterocycles. The molecule has 0 aliphatic carbocycles. The largest absolute Gasteiger partial charge is 0.444 e. The first-order chi connectivity index (χ1) is 14.6. The van der Waals surface area contributed by atoms with Crippen molar-refractivity contribution in [1.82, 2.24) is 14.5 Å². The Kier molecular flexibility index (Phi) is 6.59. The Morgan fingerprint density at radius 3 is 2.55 bits per heavy atom. The smallest absolute Gasteiger partial charge is 0.410 e. The van der Waals surface area contributed by atoms with E-state index in [0.29, 0.717) is 50.4 Å². The Bertz CT molecular complexity index is 1030. The highest BCUT2D eigenvalue weighted by Crippen LogP contribution is 2.28. The van der Waals surface area contributed by atoms with Gasteiger partial charge in [-0.3, -0.25) is 19.5 Å². The summed E-state index contributed by atoms with van der Waals surface area (Å²) in [5.41, 5.74) is -0.607. The molecule has 10 nitrogen and oxygen atoms in total.